The quantitative estimate of drug-likeness (QED) is 0.796. The molecule has 4 saturated carbocycles. The zero-order valence-electron chi connectivity index (χ0n) is 11.3. The average Bonchev–Trinajstić information content (AvgIpc) is 2.32. The second kappa shape index (κ2) is 4.36. The van der Waals surface area contributed by atoms with Gasteiger partial charge in [0.25, 0.3) is 0 Å². The van der Waals surface area contributed by atoms with Gasteiger partial charge in [0.15, 0.2) is 0 Å². The van der Waals surface area contributed by atoms with Crippen molar-refractivity contribution in [2.45, 2.75) is 56.9 Å². The monoisotopic (exact) mass is 292 g/mol. The second-order valence-corrected chi connectivity index (χ2v) is 6.83. The van der Waals surface area contributed by atoms with Gasteiger partial charge in [-0.25, -0.2) is 0 Å². The van der Waals surface area contributed by atoms with Crippen LogP contribution >= 0.6 is 0 Å². The SMILES string of the molecule is CC(C(=O)OC12CC3CC(C1)C(O)C(C3)C2)C(F)(F)F. The van der Waals surface area contributed by atoms with Crippen LogP contribution in [0, 0.1) is 23.7 Å². The number of hydrogen-bond donors (Lipinski definition) is 1. The van der Waals surface area contributed by atoms with Crippen LogP contribution in [0.5, 0.6) is 0 Å². The van der Waals surface area contributed by atoms with Crippen molar-refractivity contribution in [3.8, 4) is 0 Å². The fourth-order valence-corrected chi connectivity index (χ4v) is 4.48. The summed E-state index contributed by atoms with van der Waals surface area (Å²) in [6.07, 6.45) is -1.44. The van der Waals surface area contributed by atoms with Crippen molar-refractivity contribution >= 4 is 5.97 Å². The van der Waals surface area contributed by atoms with E-state index in [0.29, 0.717) is 25.2 Å². The molecule has 0 amide bonds. The molecule has 0 aromatic carbocycles. The fraction of sp³-hybridized carbons (Fsp3) is 0.929. The molecule has 114 valence electrons. The summed E-state index contributed by atoms with van der Waals surface area (Å²) in [5.74, 6) is -2.72. The Bertz CT molecular complexity index is 404. The Balaban J connectivity index is 1.73. The Morgan fingerprint density at radius 1 is 1.25 bits per heavy atom. The van der Waals surface area contributed by atoms with Crippen LogP contribution in [0.25, 0.3) is 0 Å². The van der Waals surface area contributed by atoms with E-state index >= 15 is 0 Å². The molecule has 6 heteroatoms. The molecule has 20 heavy (non-hydrogen) atoms. The summed E-state index contributed by atoms with van der Waals surface area (Å²) in [6.45, 7) is 0.845. The molecule has 0 saturated heterocycles. The number of alkyl halides is 3. The van der Waals surface area contributed by atoms with E-state index in [9.17, 15) is 23.1 Å². The highest BCUT2D eigenvalue weighted by molar-refractivity contribution is 5.73. The lowest BCUT2D eigenvalue weighted by Gasteiger charge is -2.57. The van der Waals surface area contributed by atoms with Crippen LogP contribution < -0.4 is 0 Å². The standard InChI is InChI=1S/C14H19F3O3/c1-7(14(15,16)17)12(19)20-13-4-8-2-9(5-13)11(18)10(3-8)6-13/h7-11,18H,2-6H2,1H3. The van der Waals surface area contributed by atoms with Gasteiger partial charge in [-0.15, -0.1) is 0 Å². The lowest BCUT2D eigenvalue weighted by molar-refractivity contribution is -0.228. The number of esters is 1. The lowest BCUT2D eigenvalue weighted by Crippen LogP contribution is -2.59. The molecule has 3 unspecified atom stereocenters. The summed E-state index contributed by atoms with van der Waals surface area (Å²) >= 11 is 0. The first-order valence-electron chi connectivity index (χ1n) is 7.18. The van der Waals surface area contributed by atoms with Gasteiger partial charge in [-0.2, -0.15) is 13.2 Å². The van der Waals surface area contributed by atoms with Crippen molar-refractivity contribution < 1.29 is 27.8 Å². The molecule has 4 bridgehead atoms. The largest absolute Gasteiger partial charge is 0.459 e. The summed E-state index contributed by atoms with van der Waals surface area (Å²) in [4.78, 5) is 11.8. The maximum absolute atomic E-state index is 12.6. The minimum Gasteiger partial charge on any atom is -0.459 e. The van der Waals surface area contributed by atoms with E-state index in [2.05, 4.69) is 0 Å². The smallest absolute Gasteiger partial charge is 0.401 e. The molecule has 4 rings (SSSR count). The Hall–Kier alpha value is -0.780. The maximum atomic E-state index is 12.6. The maximum Gasteiger partial charge on any atom is 0.401 e. The minimum absolute atomic E-state index is 0.0789. The highest BCUT2D eigenvalue weighted by Gasteiger charge is 2.58. The highest BCUT2D eigenvalue weighted by atomic mass is 19.4. The van der Waals surface area contributed by atoms with Gasteiger partial charge in [-0.3, -0.25) is 4.79 Å². The Morgan fingerprint density at radius 3 is 2.30 bits per heavy atom. The molecule has 4 fully saturated rings. The number of aliphatic hydroxyl groups excluding tert-OH is 1. The van der Waals surface area contributed by atoms with Crippen LogP contribution in [-0.4, -0.2) is 29.0 Å². The van der Waals surface area contributed by atoms with Crippen LogP contribution in [0.4, 0.5) is 13.2 Å². The third kappa shape index (κ3) is 2.22. The third-order valence-corrected chi connectivity index (χ3v) is 5.33. The molecule has 3 atom stereocenters. The van der Waals surface area contributed by atoms with E-state index < -0.39 is 23.7 Å². The zero-order chi connectivity index (χ0) is 14.7. The number of ether oxygens (including phenoxy) is 1. The molecule has 0 heterocycles. The fourth-order valence-electron chi connectivity index (χ4n) is 4.48. The number of aliphatic hydroxyl groups is 1. The zero-order valence-corrected chi connectivity index (χ0v) is 11.3. The van der Waals surface area contributed by atoms with E-state index in [1.807, 2.05) is 0 Å². The van der Waals surface area contributed by atoms with Crippen molar-refractivity contribution in [3.05, 3.63) is 0 Å². The summed E-state index contributed by atoms with van der Waals surface area (Å²) < 4.78 is 43.1. The van der Waals surface area contributed by atoms with E-state index in [-0.39, 0.29) is 17.9 Å². The molecule has 1 N–H and O–H groups in total. The summed E-state index contributed by atoms with van der Waals surface area (Å²) in [6, 6.07) is 0. The molecule has 3 nitrogen and oxygen atoms in total. The van der Waals surface area contributed by atoms with Gasteiger partial charge in [0.1, 0.15) is 11.5 Å². The molecule has 4 aliphatic rings. The number of hydrogen-bond acceptors (Lipinski definition) is 3. The Morgan fingerprint density at radius 2 is 1.80 bits per heavy atom. The molecule has 0 aromatic heterocycles. The van der Waals surface area contributed by atoms with E-state index in [4.69, 9.17) is 4.74 Å². The third-order valence-electron chi connectivity index (χ3n) is 5.33. The van der Waals surface area contributed by atoms with E-state index in [0.717, 1.165) is 19.8 Å². The predicted octanol–water partition coefficient (Wildman–Crippen LogP) is 2.67. The van der Waals surface area contributed by atoms with Gasteiger partial charge in [0.05, 0.1) is 6.10 Å². The highest BCUT2D eigenvalue weighted by Crippen LogP contribution is 2.57. The van der Waals surface area contributed by atoms with E-state index in [1.54, 1.807) is 0 Å². The van der Waals surface area contributed by atoms with Gasteiger partial charge < -0.3 is 9.84 Å². The Labute approximate surface area is 115 Å². The van der Waals surface area contributed by atoms with Crippen LogP contribution in [0.2, 0.25) is 0 Å². The van der Waals surface area contributed by atoms with Crippen LogP contribution in [0.3, 0.4) is 0 Å². The summed E-state index contributed by atoms with van der Waals surface area (Å²) in [7, 11) is 0. The van der Waals surface area contributed by atoms with Gasteiger partial charge in [-0.05, 0) is 56.8 Å². The molecule has 4 aliphatic carbocycles. The summed E-state index contributed by atoms with van der Waals surface area (Å²) in [5.41, 5.74) is -0.758. The minimum atomic E-state index is -4.56. The van der Waals surface area contributed by atoms with Crippen LogP contribution in [-0.2, 0) is 9.53 Å². The van der Waals surface area contributed by atoms with Crippen LogP contribution in [0.15, 0.2) is 0 Å². The summed E-state index contributed by atoms with van der Waals surface area (Å²) in [5, 5.41) is 10.1. The topological polar surface area (TPSA) is 46.5 Å². The molecular weight excluding hydrogens is 273 g/mol. The van der Waals surface area contributed by atoms with Gasteiger partial charge in [0.2, 0.25) is 0 Å². The van der Waals surface area contributed by atoms with Crippen LogP contribution in [0.1, 0.15) is 39.0 Å². The average molecular weight is 292 g/mol. The Kier molecular flexibility index (Phi) is 3.09. The van der Waals surface area contributed by atoms with Crippen molar-refractivity contribution in [2.75, 3.05) is 0 Å². The lowest BCUT2D eigenvalue weighted by atomic mass is 9.53. The molecular formula is C14H19F3O3. The number of halogens is 3. The first-order chi connectivity index (χ1) is 9.20. The second-order valence-electron chi connectivity index (χ2n) is 6.83. The van der Waals surface area contributed by atoms with Crippen molar-refractivity contribution in [2.24, 2.45) is 23.7 Å². The first kappa shape index (κ1) is 14.2. The first-order valence-corrected chi connectivity index (χ1v) is 7.18. The predicted molar refractivity (Wildman–Crippen MR) is 63.6 cm³/mol. The van der Waals surface area contributed by atoms with Crippen molar-refractivity contribution in [3.63, 3.8) is 0 Å². The van der Waals surface area contributed by atoms with Gasteiger partial charge in [-0.1, -0.05) is 0 Å². The van der Waals surface area contributed by atoms with Gasteiger partial charge >= 0.3 is 12.1 Å². The number of carbonyl (C=O) groups is 1. The normalized spacial score (nSPS) is 44.5. The van der Waals surface area contributed by atoms with Gasteiger partial charge in [0, 0.05) is 0 Å². The molecule has 0 spiro atoms. The molecule has 0 aliphatic heterocycles. The molecule has 0 radical (unpaired) electrons. The molecule has 0 aromatic rings. The van der Waals surface area contributed by atoms with E-state index in [1.165, 1.54) is 0 Å². The van der Waals surface area contributed by atoms with Crippen molar-refractivity contribution in [1.29, 1.82) is 0 Å². The number of rotatable bonds is 2. The number of carbonyl (C=O) groups excluding carboxylic acids is 1. The van der Waals surface area contributed by atoms with Crippen molar-refractivity contribution in [1.82, 2.24) is 0 Å².